The Bertz CT molecular complexity index is 763. The summed E-state index contributed by atoms with van der Waals surface area (Å²) in [6, 6.07) is 10.8. The molecular formula is C18H20N2O5. The van der Waals surface area contributed by atoms with E-state index >= 15 is 0 Å². The molecule has 132 valence electrons. The van der Waals surface area contributed by atoms with Gasteiger partial charge < -0.3 is 29.6 Å². The SMILES string of the molecule is COc1ccc(NCCC(=O)Nc2ccc3c(c2)OCO3)cc1OC. The number of carbonyl (C=O) groups excluding carboxylic acids is 1. The van der Waals surface area contributed by atoms with Crippen LogP contribution in [-0.2, 0) is 4.79 Å². The number of anilines is 2. The molecule has 7 heteroatoms. The van der Waals surface area contributed by atoms with E-state index in [0.717, 1.165) is 5.69 Å². The number of rotatable bonds is 7. The molecule has 7 nitrogen and oxygen atoms in total. The molecule has 0 saturated carbocycles. The minimum absolute atomic E-state index is 0.0909. The average Bonchev–Trinajstić information content (AvgIpc) is 3.09. The van der Waals surface area contributed by atoms with Gasteiger partial charge in [0.2, 0.25) is 12.7 Å². The van der Waals surface area contributed by atoms with Gasteiger partial charge in [-0.25, -0.2) is 0 Å². The van der Waals surface area contributed by atoms with Gasteiger partial charge in [0.05, 0.1) is 14.2 Å². The number of hydrogen-bond acceptors (Lipinski definition) is 6. The molecule has 0 saturated heterocycles. The first-order valence-corrected chi connectivity index (χ1v) is 7.85. The second-order valence-electron chi connectivity index (χ2n) is 5.36. The van der Waals surface area contributed by atoms with E-state index < -0.39 is 0 Å². The maximum atomic E-state index is 12.1. The monoisotopic (exact) mass is 344 g/mol. The average molecular weight is 344 g/mol. The zero-order valence-corrected chi connectivity index (χ0v) is 14.1. The Morgan fingerprint density at radius 2 is 1.76 bits per heavy atom. The van der Waals surface area contributed by atoms with Crippen molar-refractivity contribution in [2.45, 2.75) is 6.42 Å². The lowest BCUT2D eigenvalue weighted by Crippen LogP contribution is -2.16. The zero-order chi connectivity index (χ0) is 17.6. The van der Waals surface area contributed by atoms with E-state index in [4.69, 9.17) is 18.9 Å². The Morgan fingerprint density at radius 3 is 2.56 bits per heavy atom. The third kappa shape index (κ3) is 4.06. The Labute approximate surface area is 145 Å². The summed E-state index contributed by atoms with van der Waals surface area (Å²) in [6.45, 7) is 0.702. The number of carbonyl (C=O) groups is 1. The van der Waals surface area contributed by atoms with Gasteiger partial charge in [0, 0.05) is 36.5 Å². The highest BCUT2D eigenvalue weighted by atomic mass is 16.7. The molecule has 2 aromatic rings. The molecule has 0 fully saturated rings. The topological polar surface area (TPSA) is 78.1 Å². The number of ether oxygens (including phenoxy) is 4. The first-order valence-electron chi connectivity index (χ1n) is 7.85. The summed E-state index contributed by atoms with van der Waals surface area (Å²) in [7, 11) is 3.17. The minimum Gasteiger partial charge on any atom is -0.493 e. The number of nitrogens with one attached hydrogen (secondary N) is 2. The number of hydrogen-bond donors (Lipinski definition) is 2. The van der Waals surface area contributed by atoms with E-state index in [1.165, 1.54) is 0 Å². The lowest BCUT2D eigenvalue weighted by molar-refractivity contribution is -0.115. The fraction of sp³-hybridized carbons (Fsp3) is 0.278. The normalized spacial score (nSPS) is 11.8. The van der Waals surface area contributed by atoms with Crippen LogP contribution in [0.15, 0.2) is 36.4 Å². The maximum Gasteiger partial charge on any atom is 0.231 e. The zero-order valence-electron chi connectivity index (χ0n) is 14.1. The molecule has 0 bridgehead atoms. The van der Waals surface area contributed by atoms with Crippen molar-refractivity contribution >= 4 is 17.3 Å². The molecule has 2 N–H and O–H groups in total. The molecule has 25 heavy (non-hydrogen) atoms. The molecule has 2 aromatic carbocycles. The first kappa shape index (κ1) is 16.8. The van der Waals surface area contributed by atoms with E-state index in [0.29, 0.717) is 41.7 Å². The highest BCUT2D eigenvalue weighted by Gasteiger charge is 2.14. The molecular weight excluding hydrogens is 324 g/mol. The van der Waals surface area contributed by atoms with Gasteiger partial charge in [0.1, 0.15) is 0 Å². The van der Waals surface area contributed by atoms with Gasteiger partial charge in [-0.15, -0.1) is 0 Å². The van der Waals surface area contributed by atoms with Crippen LogP contribution < -0.4 is 29.6 Å². The van der Waals surface area contributed by atoms with E-state index in [-0.39, 0.29) is 12.7 Å². The van der Waals surface area contributed by atoms with Crippen LogP contribution in [0.1, 0.15) is 6.42 Å². The summed E-state index contributed by atoms with van der Waals surface area (Å²) in [6.07, 6.45) is 0.322. The number of benzene rings is 2. The molecule has 1 aliphatic rings. The lowest BCUT2D eigenvalue weighted by atomic mass is 10.2. The van der Waals surface area contributed by atoms with Crippen LogP contribution in [0.3, 0.4) is 0 Å². The summed E-state index contributed by atoms with van der Waals surface area (Å²) < 4.78 is 21.0. The predicted octanol–water partition coefficient (Wildman–Crippen LogP) is 2.87. The largest absolute Gasteiger partial charge is 0.493 e. The van der Waals surface area contributed by atoms with Crippen molar-refractivity contribution in [2.24, 2.45) is 0 Å². The van der Waals surface area contributed by atoms with E-state index in [1.54, 1.807) is 32.4 Å². The van der Waals surface area contributed by atoms with Crippen molar-refractivity contribution in [1.82, 2.24) is 0 Å². The van der Waals surface area contributed by atoms with Crippen molar-refractivity contribution in [3.63, 3.8) is 0 Å². The maximum absolute atomic E-state index is 12.1. The molecule has 0 aromatic heterocycles. The summed E-state index contributed by atoms with van der Waals surface area (Å²) in [5.41, 5.74) is 1.54. The van der Waals surface area contributed by atoms with Gasteiger partial charge in [-0.1, -0.05) is 0 Å². The van der Waals surface area contributed by atoms with Crippen molar-refractivity contribution in [3.05, 3.63) is 36.4 Å². The molecule has 0 radical (unpaired) electrons. The summed E-state index contributed by atoms with van der Waals surface area (Å²) in [5, 5.41) is 6.03. The van der Waals surface area contributed by atoms with E-state index in [9.17, 15) is 4.79 Å². The van der Waals surface area contributed by atoms with Crippen molar-refractivity contribution < 1.29 is 23.7 Å². The third-order valence-corrected chi connectivity index (χ3v) is 3.72. The Kier molecular flexibility index (Phi) is 5.13. The molecule has 1 amide bonds. The third-order valence-electron chi connectivity index (χ3n) is 3.72. The first-order chi connectivity index (χ1) is 12.2. The molecule has 0 spiro atoms. The van der Waals surface area contributed by atoms with Gasteiger partial charge in [0.25, 0.3) is 0 Å². The molecule has 0 atom stereocenters. The number of methoxy groups -OCH3 is 2. The standard InChI is InChI=1S/C18H20N2O5/c1-22-14-5-3-12(9-16(14)23-2)19-8-7-18(21)20-13-4-6-15-17(10-13)25-11-24-15/h3-6,9-10,19H,7-8,11H2,1-2H3,(H,20,21). The molecule has 1 heterocycles. The van der Waals surface area contributed by atoms with Gasteiger partial charge in [-0.2, -0.15) is 0 Å². The van der Waals surface area contributed by atoms with Crippen LogP contribution in [0, 0.1) is 0 Å². The van der Waals surface area contributed by atoms with Crippen LogP contribution >= 0.6 is 0 Å². The number of fused-ring (bicyclic) bond motifs is 1. The Hall–Kier alpha value is -3.09. The highest BCUT2D eigenvalue weighted by Crippen LogP contribution is 2.34. The summed E-state index contributed by atoms with van der Waals surface area (Å²) >= 11 is 0. The summed E-state index contributed by atoms with van der Waals surface area (Å²) in [4.78, 5) is 12.1. The van der Waals surface area contributed by atoms with Crippen LogP contribution in [0.5, 0.6) is 23.0 Å². The minimum atomic E-state index is -0.0909. The molecule has 3 rings (SSSR count). The second-order valence-corrected chi connectivity index (χ2v) is 5.36. The Balaban J connectivity index is 1.49. The van der Waals surface area contributed by atoms with Crippen molar-refractivity contribution in [1.29, 1.82) is 0 Å². The van der Waals surface area contributed by atoms with E-state index in [1.807, 2.05) is 18.2 Å². The van der Waals surface area contributed by atoms with Crippen LogP contribution in [0.2, 0.25) is 0 Å². The van der Waals surface area contributed by atoms with Crippen LogP contribution in [0.25, 0.3) is 0 Å². The van der Waals surface area contributed by atoms with Crippen LogP contribution in [-0.4, -0.2) is 33.5 Å². The van der Waals surface area contributed by atoms with Crippen LogP contribution in [0.4, 0.5) is 11.4 Å². The van der Waals surface area contributed by atoms with Crippen molar-refractivity contribution in [3.8, 4) is 23.0 Å². The number of amides is 1. The van der Waals surface area contributed by atoms with Gasteiger partial charge in [0.15, 0.2) is 23.0 Å². The summed E-state index contributed by atoms with van der Waals surface area (Å²) in [5.74, 6) is 2.53. The second kappa shape index (κ2) is 7.65. The van der Waals surface area contributed by atoms with Gasteiger partial charge >= 0.3 is 0 Å². The van der Waals surface area contributed by atoms with E-state index in [2.05, 4.69) is 10.6 Å². The van der Waals surface area contributed by atoms with Gasteiger partial charge in [-0.3, -0.25) is 4.79 Å². The van der Waals surface area contributed by atoms with Gasteiger partial charge in [-0.05, 0) is 24.3 Å². The molecule has 0 aliphatic carbocycles. The lowest BCUT2D eigenvalue weighted by Gasteiger charge is -2.11. The highest BCUT2D eigenvalue weighted by molar-refractivity contribution is 5.91. The quantitative estimate of drug-likeness (QED) is 0.804. The molecule has 0 unspecified atom stereocenters. The smallest absolute Gasteiger partial charge is 0.231 e. The fourth-order valence-corrected chi connectivity index (χ4v) is 2.46. The molecule has 1 aliphatic heterocycles. The van der Waals surface area contributed by atoms with Crippen molar-refractivity contribution in [2.75, 3.05) is 38.2 Å². The Morgan fingerprint density at radius 1 is 1.00 bits per heavy atom. The predicted molar refractivity (Wildman–Crippen MR) is 93.8 cm³/mol. The fourth-order valence-electron chi connectivity index (χ4n) is 2.46.